The van der Waals surface area contributed by atoms with Gasteiger partial charge in [-0.25, -0.2) is 9.18 Å². The lowest BCUT2D eigenvalue weighted by Gasteiger charge is -2.09. The predicted octanol–water partition coefficient (Wildman–Crippen LogP) is 3.55. The fourth-order valence-electron chi connectivity index (χ4n) is 1.78. The standard InChI is InChI=1S/C16H15ClFN3O2/c1-10-5-6-13(8-14(10)17)21-16(23)19-9-15(22)20-12-4-2-3-11(18)7-12/h2-8H,9H2,1H3,(H,20,22)(H2,19,21,23). The summed E-state index contributed by atoms with van der Waals surface area (Å²) in [6.07, 6.45) is 0. The summed E-state index contributed by atoms with van der Waals surface area (Å²) in [6.45, 7) is 1.60. The predicted molar refractivity (Wildman–Crippen MR) is 88.2 cm³/mol. The van der Waals surface area contributed by atoms with Crippen molar-refractivity contribution in [2.45, 2.75) is 6.92 Å². The molecule has 0 bridgehead atoms. The summed E-state index contributed by atoms with van der Waals surface area (Å²) >= 11 is 5.96. The van der Waals surface area contributed by atoms with E-state index in [1.165, 1.54) is 18.2 Å². The molecule has 0 saturated carbocycles. The smallest absolute Gasteiger partial charge is 0.319 e. The molecule has 3 amide bonds. The van der Waals surface area contributed by atoms with Gasteiger partial charge in [-0.05, 0) is 42.8 Å². The summed E-state index contributed by atoms with van der Waals surface area (Å²) in [7, 11) is 0. The number of rotatable bonds is 4. The van der Waals surface area contributed by atoms with Crippen molar-refractivity contribution in [3.8, 4) is 0 Å². The molecule has 2 aromatic carbocycles. The number of amides is 3. The minimum Gasteiger partial charge on any atom is -0.329 e. The lowest BCUT2D eigenvalue weighted by Crippen LogP contribution is -2.35. The number of carbonyl (C=O) groups excluding carboxylic acids is 2. The van der Waals surface area contributed by atoms with Gasteiger partial charge in [0, 0.05) is 16.4 Å². The van der Waals surface area contributed by atoms with Gasteiger partial charge in [0.15, 0.2) is 0 Å². The summed E-state index contributed by atoms with van der Waals surface area (Å²) < 4.78 is 13.0. The highest BCUT2D eigenvalue weighted by Crippen LogP contribution is 2.19. The Hall–Kier alpha value is -2.60. The molecule has 0 aliphatic rings. The third kappa shape index (κ3) is 5.27. The second kappa shape index (κ2) is 7.60. The zero-order valence-corrected chi connectivity index (χ0v) is 13.1. The molecule has 2 aromatic rings. The van der Waals surface area contributed by atoms with Crippen LogP contribution in [0.1, 0.15) is 5.56 Å². The summed E-state index contributed by atoms with van der Waals surface area (Å²) in [5, 5.41) is 7.97. The number of carbonyl (C=O) groups is 2. The minimum absolute atomic E-state index is 0.248. The highest BCUT2D eigenvalue weighted by Gasteiger charge is 2.07. The van der Waals surface area contributed by atoms with E-state index in [9.17, 15) is 14.0 Å². The van der Waals surface area contributed by atoms with Crippen molar-refractivity contribution in [2.75, 3.05) is 17.2 Å². The van der Waals surface area contributed by atoms with Gasteiger partial charge in [-0.15, -0.1) is 0 Å². The molecule has 0 unspecified atom stereocenters. The van der Waals surface area contributed by atoms with Gasteiger partial charge < -0.3 is 16.0 Å². The van der Waals surface area contributed by atoms with Gasteiger partial charge in [0.1, 0.15) is 5.82 Å². The first kappa shape index (κ1) is 16.8. The molecule has 0 aliphatic heterocycles. The molecule has 2 rings (SSSR count). The first-order valence-corrected chi connectivity index (χ1v) is 7.18. The molecule has 5 nitrogen and oxygen atoms in total. The van der Waals surface area contributed by atoms with Gasteiger partial charge in [0.05, 0.1) is 6.54 Å². The van der Waals surface area contributed by atoms with Crippen molar-refractivity contribution in [3.05, 3.63) is 58.9 Å². The van der Waals surface area contributed by atoms with Gasteiger partial charge in [-0.2, -0.15) is 0 Å². The maximum atomic E-state index is 13.0. The molecule has 0 saturated heterocycles. The number of urea groups is 1. The molecule has 0 radical (unpaired) electrons. The second-order valence-corrected chi connectivity index (χ2v) is 5.24. The Labute approximate surface area is 137 Å². The minimum atomic E-state index is -0.542. The zero-order chi connectivity index (χ0) is 16.8. The fourth-order valence-corrected chi connectivity index (χ4v) is 1.96. The van der Waals surface area contributed by atoms with Crippen molar-refractivity contribution >= 4 is 34.9 Å². The molecule has 0 aromatic heterocycles. The molecular weight excluding hydrogens is 321 g/mol. The van der Waals surface area contributed by atoms with Crippen LogP contribution in [0.2, 0.25) is 5.02 Å². The van der Waals surface area contributed by atoms with E-state index in [1.807, 2.05) is 6.92 Å². The van der Waals surface area contributed by atoms with E-state index in [0.29, 0.717) is 16.4 Å². The van der Waals surface area contributed by atoms with E-state index in [-0.39, 0.29) is 6.54 Å². The van der Waals surface area contributed by atoms with Crippen molar-refractivity contribution in [3.63, 3.8) is 0 Å². The normalized spacial score (nSPS) is 10.0. The topological polar surface area (TPSA) is 70.2 Å². The number of nitrogens with one attached hydrogen (secondary N) is 3. The van der Waals surface area contributed by atoms with E-state index in [0.717, 1.165) is 5.56 Å². The number of aryl methyl sites for hydroxylation is 1. The third-order valence-electron chi connectivity index (χ3n) is 2.95. The summed E-state index contributed by atoms with van der Waals surface area (Å²) in [6, 6.07) is 10.0. The van der Waals surface area contributed by atoms with Gasteiger partial charge in [0.25, 0.3) is 0 Å². The monoisotopic (exact) mass is 335 g/mol. The fraction of sp³-hybridized carbons (Fsp3) is 0.125. The zero-order valence-electron chi connectivity index (χ0n) is 12.3. The molecule has 0 aliphatic carbocycles. The molecule has 0 atom stereocenters. The number of benzene rings is 2. The van der Waals surface area contributed by atoms with Gasteiger partial charge >= 0.3 is 6.03 Å². The van der Waals surface area contributed by atoms with Crippen LogP contribution in [0.4, 0.5) is 20.6 Å². The molecule has 0 fully saturated rings. The first-order chi connectivity index (χ1) is 10.9. The average Bonchev–Trinajstić information content (AvgIpc) is 2.49. The van der Waals surface area contributed by atoms with Crippen LogP contribution in [-0.4, -0.2) is 18.5 Å². The van der Waals surface area contributed by atoms with Crippen molar-refractivity contribution < 1.29 is 14.0 Å². The van der Waals surface area contributed by atoms with E-state index < -0.39 is 17.8 Å². The highest BCUT2D eigenvalue weighted by molar-refractivity contribution is 6.31. The largest absolute Gasteiger partial charge is 0.329 e. The molecule has 3 N–H and O–H groups in total. The molecule has 0 spiro atoms. The lowest BCUT2D eigenvalue weighted by molar-refractivity contribution is -0.115. The number of anilines is 2. The Balaban J connectivity index is 1.81. The SMILES string of the molecule is Cc1ccc(NC(=O)NCC(=O)Nc2cccc(F)c2)cc1Cl. The van der Waals surface area contributed by atoms with E-state index in [2.05, 4.69) is 16.0 Å². The van der Waals surface area contributed by atoms with Gasteiger partial charge in [-0.1, -0.05) is 23.7 Å². The van der Waals surface area contributed by atoms with Gasteiger partial charge in [-0.3, -0.25) is 4.79 Å². The van der Waals surface area contributed by atoms with Gasteiger partial charge in [0.2, 0.25) is 5.91 Å². The molecule has 23 heavy (non-hydrogen) atoms. The first-order valence-electron chi connectivity index (χ1n) is 6.80. The van der Waals surface area contributed by atoms with Crippen molar-refractivity contribution in [2.24, 2.45) is 0 Å². The molecule has 0 heterocycles. The summed E-state index contributed by atoms with van der Waals surface area (Å²) in [4.78, 5) is 23.4. The molecule has 120 valence electrons. The third-order valence-corrected chi connectivity index (χ3v) is 3.35. The van der Waals surface area contributed by atoms with Crippen LogP contribution >= 0.6 is 11.6 Å². The second-order valence-electron chi connectivity index (χ2n) is 4.83. The summed E-state index contributed by atoms with van der Waals surface area (Å²) in [5.74, 6) is -0.919. The quantitative estimate of drug-likeness (QED) is 0.799. The average molecular weight is 336 g/mol. The van der Waals surface area contributed by atoms with Crippen LogP contribution in [0.25, 0.3) is 0 Å². The molecular formula is C16H15ClFN3O2. The number of hydrogen-bond acceptors (Lipinski definition) is 2. The van der Waals surface area contributed by atoms with Crippen LogP contribution in [0.5, 0.6) is 0 Å². The van der Waals surface area contributed by atoms with Crippen molar-refractivity contribution in [1.82, 2.24) is 5.32 Å². The van der Waals surface area contributed by atoms with Crippen LogP contribution < -0.4 is 16.0 Å². The van der Waals surface area contributed by atoms with E-state index >= 15 is 0 Å². The van der Waals surface area contributed by atoms with Crippen molar-refractivity contribution in [1.29, 1.82) is 0 Å². The Morgan fingerprint density at radius 3 is 2.52 bits per heavy atom. The highest BCUT2D eigenvalue weighted by atomic mass is 35.5. The van der Waals surface area contributed by atoms with E-state index in [4.69, 9.17) is 11.6 Å². The maximum absolute atomic E-state index is 13.0. The van der Waals surface area contributed by atoms with Crippen LogP contribution in [0.3, 0.4) is 0 Å². The Morgan fingerprint density at radius 1 is 1.09 bits per heavy atom. The maximum Gasteiger partial charge on any atom is 0.319 e. The lowest BCUT2D eigenvalue weighted by atomic mass is 10.2. The van der Waals surface area contributed by atoms with Crippen LogP contribution in [0, 0.1) is 12.7 Å². The van der Waals surface area contributed by atoms with Crippen LogP contribution in [-0.2, 0) is 4.79 Å². The number of hydrogen-bond donors (Lipinski definition) is 3. The number of halogens is 2. The Kier molecular flexibility index (Phi) is 5.54. The Morgan fingerprint density at radius 2 is 1.83 bits per heavy atom. The Bertz CT molecular complexity index is 737. The summed E-state index contributed by atoms with van der Waals surface area (Å²) in [5.41, 5.74) is 1.73. The molecule has 7 heteroatoms. The van der Waals surface area contributed by atoms with E-state index in [1.54, 1.807) is 24.3 Å². The van der Waals surface area contributed by atoms with Crippen LogP contribution in [0.15, 0.2) is 42.5 Å².